The van der Waals surface area contributed by atoms with Crippen molar-refractivity contribution in [3.63, 3.8) is 0 Å². The molecule has 0 spiro atoms. The number of aromatic nitrogens is 2. The number of carbonyl (C=O) groups excluding carboxylic acids is 1. The van der Waals surface area contributed by atoms with E-state index in [1.165, 1.54) is 35.4 Å². The molecular weight excluding hydrogens is 421 g/mol. The van der Waals surface area contributed by atoms with Gasteiger partial charge in [0, 0.05) is 57.4 Å². The summed E-state index contributed by atoms with van der Waals surface area (Å²) in [6, 6.07) is 15.6. The average Bonchev–Trinajstić information content (AvgIpc) is 2.84. The maximum atomic E-state index is 13.1. The predicted molar refractivity (Wildman–Crippen MR) is 124 cm³/mol. The molecule has 1 N–H and O–H groups in total. The van der Waals surface area contributed by atoms with Crippen LogP contribution < -0.4 is 10.5 Å². The molecule has 8 heteroatoms. The van der Waals surface area contributed by atoms with Crippen LogP contribution in [0.2, 0.25) is 0 Å². The van der Waals surface area contributed by atoms with Gasteiger partial charge in [0.05, 0.1) is 5.69 Å². The van der Waals surface area contributed by atoms with E-state index in [0.717, 1.165) is 25.2 Å². The summed E-state index contributed by atoms with van der Waals surface area (Å²) >= 11 is 0. The summed E-state index contributed by atoms with van der Waals surface area (Å²) in [5, 5.41) is 0. The Balaban J connectivity index is 1.23. The normalized spacial score (nSPS) is 16.5. The number of aromatic amines is 1. The van der Waals surface area contributed by atoms with Crippen LogP contribution in [0.5, 0.6) is 0 Å². The second-order valence-corrected chi connectivity index (χ2v) is 8.58. The number of rotatable bonds is 4. The van der Waals surface area contributed by atoms with Crippen molar-refractivity contribution in [2.75, 3.05) is 37.6 Å². The molecule has 0 bridgehead atoms. The molecule has 0 unspecified atom stereocenters. The summed E-state index contributed by atoms with van der Waals surface area (Å²) in [5.74, 6) is 0.0686. The summed E-state index contributed by atoms with van der Waals surface area (Å²) in [7, 11) is 0. The molecule has 0 radical (unpaired) electrons. The lowest BCUT2D eigenvalue weighted by Crippen LogP contribution is -2.49. The number of benzene rings is 2. The molecule has 170 valence electrons. The predicted octanol–water partition coefficient (Wildman–Crippen LogP) is 2.43. The Labute approximate surface area is 191 Å². The number of hydrogen-bond donors (Lipinski definition) is 1. The fraction of sp³-hybridized carbons (Fsp3) is 0.320. The topological polar surface area (TPSA) is 72.5 Å². The Morgan fingerprint density at radius 3 is 2.45 bits per heavy atom. The second-order valence-electron chi connectivity index (χ2n) is 8.58. The van der Waals surface area contributed by atoms with Gasteiger partial charge in [-0.15, -0.1) is 0 Å². The van der Waals surface area contributed by atoms with E-state index in [9.17, 15) is 14.0 Å². The molecule has 7 nitrogen and oxygen atoms in total. The van der Waals surface area contributed by atoms with Crippen molar-refractivity contribution in [1.82, 2.24) is 19.8 Å². The number of hydrogen-bond acceptors (Lipinski definition) is 5. The van der Waals surface area contributed by atoms with Crippen LogP contribution in [0.25, 0.3) is 0 Å². The van der Waals surface area contributed by atoms with E-state index >= 15 is 0 Å². The quantitative estimate of drug-likeness (QED) is 0.665. The monoisotopic (exact) mass is 447 g/mol. The molecule has 0 aliphatic carbocycles. The number of fused-ring (bicyclic) bond motifs is 1. The molecule has 1 amide bonds. The number of piperazine rings is 1. The van der Waals surface area contributed by atoms with Crippen LogP contribution in [0, 0.1) is 5.82 Å². The minimum Gasteiger partial charge on any atom is -0.339 e. The molecule has 1 saturated heterocycles. The highest BCUT2D eigenvalue weighted by molar-refractivity contribution is 5.94. The number of carbonyl (C=O) groups is 1. The summed E-state index contributed by atoms with van der Waals surface area (Å²) in [5.41, 5.74) is 3.77. The highest BCUT2D eigenvalue weighted by atomic mass is 19.1. The van der Waals surface area contributed by atoms with E-state index in [2.05, 4.69) is 34.1 Å². The fourth-order valence-electron chi connectivity index (χ4n) is 4.54. The lowest BCUT2D eigenvalue weighted by Gasteiger charge is -2.35. The molecule has 0 saturated carbocycles. The van der Waals surface area contributed by atoms with E-state index in [4.69, 9.17) is 4.98 Å². The van der Waals surface area contributed by atoms with E-state index < -0.39 is 0 Å². The Bertz CT molecular complexity index is 1200. The van der Waals surface area contributed by atoms with Crippen LogP contribution in [-0.4, -0.2) is 58.4 Å². The third-order valence-corrected chi connectivity index (χ3v) is 6.34. The zero-order valence-electron chi connectivity index (χ0n) is 18.3. The molecule has 2 aliphatic rings. The molecule has 2 aromatic carbocycles. The minimum absolute atomic E-state index is 0.116. The van der Waals surface area contributed by atoms with E-state index in [-0.39, 0.29) is 17.3 Å². The Morgan fingerprint density at radius 1 is 0.970 bits per heavy atom. The van der Waals surface area contributed by atoms with Crippen molar-refractivity contribution >= 4 is 11.9 Å². The average molecular weight is 448 g/mol. The lowest BCUT2D eigenvalue weighted by molar-refractivity contribution is 0.0746. The largest absolute Gasteiger partial charge is 0.339 e. The first kappa shape index (κ1) is 21.3. The Morgan fingerprint density at radius 2 is 1.70 bits per heavy atom. The summed E-state index contributed by atoms with van der Waals surface area (Å²) < 4.78 is 13.1. The third-order valence-electron chi connectivity index (χ3n) is 6.34. The molecule has 1 aromatic heterocycles. The van der Waals surface area contributed by atoms with Gasteiger partial charge in [0.15, 0.2) is 0 Å². The van der Waals surface area contributed by atoms with Gasteiger partial charge in [-0.05, 0) is 41.8 Å². The highest BCUT2D eigenvalue weighted by Gasteiger charge is 2.24. The Kier molecular flexibility index (Phi) is 5.92. The molecule has 3 aromatic rings. The molecule has 1 fully saturated rings. The van der Waals surface area contributed by atoms with Crippen molar-refractivity contribution in [2.45, 2.75) is 19.5 Å². The van der Waals surface area contributed by atoms with Gasteiger partial charge in [0.2, 0.25) is 5.95 Å². The van der Waals surface area contributed by atoms with Crippen LogP contribution in [0.4, 0.5) is 10.3 Å². The van der Waals surface area contributed by atoms with Gasteiger partial charge in [0.25, 0.3) is 11.5 Å². The van der Waals surface area contributed by atoms with E-state index in [1.807, 2.05) is 4.90 Å². The zero-order valence-corrected chi connectivity index (χ0v) is 18.3. The summed E-state index contributed by atoms with van der Waals surface area (Å²) in [6.45, 7) is 4.55. The van der Waals surface area contributed by atoms with Crippen LogP contribution in [0.15, 0.2) is 59.4 Å². The van der Waals surface area contributed by atoms with Crippen LogP contribution in [0.1, 0.15) is 27.2 Å². The van der Waals surface area contributed by atoms with Crippen molar-refractivity contribution in [1.29, 1.82) is 0 Å². The van der Waals surface area contributed by atoms with Crippen LogP contribution in [-0.2, 0) is 19.5 Å². The molecule has 5 rings (SSSR count). The first-order chi connectivity index (χ1) is 16.0. The van der Waals surface area contributed by atoms with Crippen LogP contribution >= 0.6 is 0 Å². The third kappa shape index (κ3) is 4.80. The molecule has 0 atom stereocenters. The van der Waals surface area contributed by atoms with Gasteiger partial charge in [0.1, 0.15) is 5.82 Å². The maximum Gasteiger partial charge on any atom is 0.253 e. The van der Waals surface area contributed by atoms with Crippen molar-refractivity contribution < 1.29 is 9.18 Å². The first-order valence-electron chi connectivity index (χ1n) is 11.2. The van der Waals surface area contributed by atoms with Gasteiger partial charge in [-0.1, -0.05) is 24.3 Å². The second kappa shape index (κ2) is 9.15. The Hall–Kier alpha value is -3.52. The molecular formula is C25H26FN5O2. The standard InChI is InChI=1S/C25H26FN5O2/c26-21-7-5-19(6-8-21)24(33)30-11-13-31(14-12-30)25-27-22(15-23(32)28-25)17-29-10-9-18-3-1-2-4-20(18)16-29/h1-8,15H,9-14,16-17H2,(H,27,28,32). The number of halogens is 1. The van der Waals surface area contributed by atoms with E-state index in [0.29, 0.717) is 44.2 Å². The van der Waals surface area contributed by atoms with Gasteiger partial charge < -0.3 is 9.80 Å². The van der Waals surface area contributed by atoms with Crippen molar-refractivity contribution in [3.05, 3.63) is 93.2 Å². The molecule has 3 heterocycles. The number of H-pyrrole nitrogens is 1. The SMILES string of the molecule is O=C(c1ccc(F)cc1)N1CCN(c2nc(CN3CCc4ccccc4C3)cc(=O)[nH]2)CC1. The minimum atomic E-state index is -0.361. The number of nitrogens with zero attached hydrogens (tertiary/aromatic N) is 4. The van der Waals surface area contributed by atoms with Gasteiger partial charge in [-0.2, -0.15) is 0 Å². The van der Waals surface area contributed by atoms with Gasteiger partial charge in [-0.25, -0.2) is 9.37 Å². The van der Waals surface area contributed by atoms with Crippen molar-refractivity contribution in [3.8, 4) is 0 Å². The molecule has 2 aliphatic heterocycles. The highest BCUT2D eigenvalue weighted by Crippen LogP contribution is 2.20. The van der Waals surface area contributed by atoms with Gasteiger partial charge in [-0.3, -0.25) is 19.5 Å². The zero-order chi connectivity index (χ0) is 22.8. The maximum absolute atomic E-state index is 13.1. The van der Waals surface area contributed by atoms with E-state index in [1.54, 1.807) is 11.0 Å². The summed E-state index contributed by atoms with van der Waals surface area (Å²) in [6.07, 6.45) is 0.996. The van der Waals surface area contributed by atoms with Crippen molar-refractivity contribution in [2.24, 2.45) is 0 Å². The van der Waals surface area contributed by atoms with Gasteiger partial charge >= 0.3 is 0 Å². The number of amides is 1. The fourth-order valence-corrected chi connectivity index (χ4v) is 4.54. The number of nitrogens with one attached hydrogen (secondary N) is 1. The first-order valence-corrected chi connectivity index (χ1v) is 11.2. The number of anilines is 1. The lowest BCUT2D eigenvalue weighted by atomic mass is 10.00. The van der Waals surface area contributed by atoms with Crippen LogP contribution in [0.3, 0.4) is 0 Å². The summed E-state index contributed by atoms with van der Waals surface area (Å²) in [4.78, 5) is 38.7. The molecule has 33 heavy (non-hydrogen) atoms. The smallest absolute Gasteiger partial charge is 0.253 e.